The van der Waals surface area contributed by atoms with E-state index in [-0.39, 0.29) is 58.1 Å². The molecule has 4 aromatic rings. The molecule has 1 aromatic heterocycles. The fourth-order valence-corrected chi connectivity index (χ4v) is 11.3. The maximum atomic E-state index is 14.1. The number of aromatic amines is 1. The number of amides is 3. The minimum Gasteiger partial charge on any atom is -0.497 e. The van der Waals surface area contributed by atoms with Gasteiger partial charge in [-0.3, -0.25) is 24.1 Å². The Bertz CT molecular complexity index is 2010. The van der Waals surface area contributed by atoms with E-state index in [0.717, 1.165) is 21.9 Å². The second kappa shape index (κ2) is 12.3. The van der Waals surface area contributed by atoms with Crippen molar-refractivity contribution in [3.8, 4) is 23.0 Å². The number of thioether (sulfide) groups is 1. The summed E-state index contributed by atoms with van der Waals surface area (Å²) in [4.78, 5) is 58.6. The summed E-state index contributed by atoms with van der Waals surface area (Å²) in [7, 11) is 4.70. The zero-order chi connectivity index (χ0) is 34.0. The first kappa shape index (κ1) is 31.5. The van der Waals surface area contributed by atoms with Crippen molar-refractivity contribution < 1.29 is 33.3 Å². The highest BCUT2D eigenvalue weighted by Crippen LogP contribution is 2.68. The standard InChI is InChI=1S/C36H33N3O8S2/c1-44-20-9-5-18(6-10-20)37-26(40)16-47-24-13-4-17(14-25(24)46-3)27-28-22-15-23(31(28)48-33-32(27)49-36(43)38-33)30-29(22)34(41)39(35(30)42)19-7-11-21(45-2)12-8-19/h4-14,22-23,27-31H,15-16H2,1-3H3,(H,37,40)(H,38,43)/t22?,23?,27-,28?,29?,30?,31?/m1/s1. The number of rotatable bonds is 9. The van der Waals surface area contributed by atoms with Crippen LogP contribution in [-0.2, 0) is 14.4 Å². The molecule has 3 amide bonds. The van der Waals surface area contributed by atoms with Gasteiger partial charge in [0.05, 0.1) is 43.9 Å². The third-order valence-electron chi connectivity index (χ3n) is 10.3. The number of fused-ring (bicyclic) bond motifs is 9. The number of carbonyl (C=O) groups is 3. The number of aromatic nitrogens is 1. The first-order valence-corrected chi connectivity index (χ1v) is 17.7. The van der Waals surface area contributed by atoms with Crippen LogP contribution in [0.5, 0.6) is 23.0 Å². The summed E-state index contributed by atoms with van der Waals surface area (Å²) in [6.07, 6.45) is 0.781. The number of imide groups is 1. The van der Waals surface area contributed by atoms with Crippen LogP contribution in [0.15, 0.2) is 76.6 Å². The summed E-state index contributed by atoms with van der Waals surface area (Å²) in [5.74, 6) is 0.532. The first-order valence-electron chi connectivity index (χ1n) is 16.0. The molecule has 7 atom stereocenters. The fraction of sp³-hybridized carbons (Fsp3) is 0.333. The van der Waals surface area contributed by atoms with Gasteiger partial charge in [0, 0.05) is 21.7 Å². The Labute approximate surface area is 289 Å². The van der Waals surface area contributed by atoms with Crippen molar-refractivity contribution in [2.75, 3.05) is 38.2 Å². The van der Waals surface area contributed by atoms with Crippen LogP contribution in [0.3, 0.4) is 0 Å². The molecule has 2 saturated carbocycles. The molecule has 2 aliphatic heterocycles. The molecular weight excluding hydrogens is 667 g/mol. The van der Waals surface area contributed by atoms with E-state index in [1.165, 1.54) is 16.2 Å². The number of ether oxygens (including phenoxy) is 4. The number of anilines is 2. The monoisotopic (exact) mass is 699 g/mol. The number of hydrogen-bond donors (Lipinski definition) is 2. The van der Waals surface area contributed by atoms with Crippen LogP contribution in [-0.4, -0.2) is 55.9 Å². The molecule has 2 aliphatic carbocycles. The second-order valence-corrected chi connectivity index (χ2v) is 14.8. The minimum absolute atomic E-state index is 0.00235. The molecule has 0 spiro atoms. The Hall–Kier alpha value is -4.75. The molecule has 6 unspecified atom stereocenters. The topological polar surface area (TPSA) is 136 Å². The summed E-state index contributed by atoms with van der Waals surface area (Å²) in [6.45, 7) is -0.232. The SMILES string of the molecule is COc1ccc(NC(=O)COc2ccc([C@H]3c4sc(=O)[nH]c4SC4C5CC(C6C(=O)N(c7ccc(OC)cc7)C(=O)C56)C43)cc2OC)cc1. The molecule has 49 heavy (non-hydrogen) atoms. The Morgan fingerprint density at radius 2 is 1.53 bits per heavy atom. The van der Waals surface area contributed by atoms with Gasteiger partial charge in [-0.2, -0.15) is 0 Å². The van der Waals surface area contributed by atoms with Gasteiger partial charge in [0.2, 0.25) is 11.8 Å². The van der Waals surface area contributed by atoms with Crippen molar-refractivity contribution in [1.82, 2.24) is 4.98 Å². The lowest BCUT2D eigenvalue weighted by Crippen LogP contribution is -2.42. The van der Waals surface area contributed by atoms with Gasteiger partial charge in [-0.25, -0.2) is 0 Å². The maximum absolute atomic E-state index is 14.1. The van der Waals surface area contributed by atoms with Gasteiger partial charge in [0.1, 0.15) is 11.5 Å². The molecule has 2 bridgehead atoms. The molecule has 3 aromatic carbocycles. The third-order valence-corrected chi connectivity index (χ3v) is 12.9. The maximum Gasteiger partial charge on any atom is 0.305 e. The average Bonchev–Trinajstić information content (AvgIpc) is 3.86. The molecule has 8 rings (SSSR count). The number of benzene rings is 3. The van der Waals surface area contributed by atoms with Crippen molar-refractivity contribution >= 4 is 52.2 Å². The van der Waals surface area contributed by atoms with Gasteiger partial charge >= 0.3 is 4.87 Å². The van der Waals surface area contributed by atoms with Crippen molar-refractivity contribution in [3.05, 3.63) is 86.8 Å². The summed E-state index contributed by atoms with van der Waals surface area (Å²) >= 11 is 2.83. The Morgan fingerprint density at radius 1 is 0.857 bits per heavy atom. The normalized spacial score (nSPS) is 26.2. The van der Waals surface area contributed by atoms with Crippen molar-refractivity contribution in [3.63, 3.8) is 0 Å². The number of nitrogens with zero attached hydrogens (tertiary/aromatic N) is 1. The van der Waals surface area contributed by atoms with Crippen molar-refractivity contribution in [1.29, 1.82) is 0 Å². The molecule has 1 saturated heterocycles. The van der Waals surface area contributed by atoms with E-state index in [4.69, 9.17) is 18.9 Å². The highest BCUT2D eigenvalue weighted by atomic mass is 32.2. The molecule has 13 heteroatoms. The molecule has 0 radical (unpaired) electrons. The number of nitrogens with one attached hydrogen (secondary N) is 2. The fourth-order valence-electron chi connectivity index (χ4n) is 8.39. The largest absolute Gasteiger partial charge is 0.497 e. The van der Waals surface area contributed by atoms with Crippen LogP contribution in [0, 0.1) is 29.6 Å². The zero-order valence-corrected chi connectivity index (χ0v) is 28.5. The predicted molar refractivity (Wildman–Crippen MR) is 184 cm³/mol. The molecule has 11 nitrogen and oxygen atoms in total. The number of hydrogen-bond acceptors (Lipinski definition) is 10. The quantitative estimate of drug-likeness (QED) is 0.227. The van der Waals surface area contributed by atoms with Crippen LogP contribution in [0.2, 0.25) is 0 Å². The van der Waals surface area contributed by atoms with Gasteiger partial charge in [-0.15, -0.1) is 11.8 Å². The van der Waals surface area contributed by atoms with Crippen molar-refractivity contribution in [2.45, 2.75) is 22.6 Å². The summed E-state index contributed by atoms with van der Waals surface area (Å²) in [6, 6.07) is 19.7. The van der Waals surface area contributed by atoms with Crippen LogP contribution < -0.4 is 34.0 Å². The zero-order valence-electron chi connectivity index (χ0n) is 26.8. The lowest BCUT2D eigenvalue weighted by Gasteiger charge is -2.43. The van der Waals surface area contributed by atoms with Gasteiger partial charge in [-0.1, -0.05) is 17.4 Å². The number of carbonyl (C=O) groups excluding carboxylic acids is 3. The minimum atomic E-state index is -0.421. The molecule has 3 fully saturated rings. The molecule has 4 aliphatic rings. The van der Waals surface area contributed by atoms with E-state index < -0.39 is 11.8 Å². The van der Waals surface area contributed by atoms with Crippen LogP contribution in [0.4, 0.5) is 11.4 Å². The Balaban J connectivity index is 1.07. The van der Waals surface area contributed by atoms with E-state index in [1.54, 1.807) is 87.7 Å². The third kappa shape index (κ3) is 5.18. The predicted octanol–water partition coefficient (Wildman–Crippen LogP) is 5.16. The number of methoxy groups -OCH3 is 3. The number of thiazole rings is 1. The van der Waals surface area contributed by atoms with E-state index in [1.807, 2.05) is 12.1 Å². The molecule has 3 heterocycles. The van der Waals surface area contributed by atoms with Gasteiger partial charge in [-0.05, 0) is 90.4 Å². The van der Waals surface area contributed by atoms with Crippen LogP contribution >= 0.6 is 23.1 Å². The van der Waals surface area contributed by atoms with Crippen LogP contribution in [0.1, 0.15) is 22.8 Å². The lowest BCUT2D eigenvalue weighted by atomic mass is 9.68. The Morgan fingerprint density at radius 3 is 2.20 bits per heavy atom. The van der Waals surface area contributed by atoms with E-state index in [0.29, 0.717) is 34.4 Å². The average molecular weight is 700 g/mol. The summed E-state index contributed by atoms with van der Waals surface area (Å²) in [5.41, 5.74) is 2.09. The molecule has 2 N–H and O–H groups in total. The molecular formula is C36H33N3O8S2. The van der Waals surface area contributed by atoms with Gasteiger partial charge < -0.3 is 29.2 Å². The smallest absolute Gasteiger partial charge is 0.305 e. The highest BCUT2D eigenvalue weighted by Gasteiger charge is 2.69. The summed E-state index contributed by atoms with van der Waals surface area (Å²) < 4.78 is 22.1. The second-order valence-electron chi connectivity index (χ2n) is 12.6. The number of H-pyrrole nitrogens is 1. The highest BCUT2D eigenvalue weighted by molar-refractivity contribution is 8.00. The van der Waals surface area contributed by atoms with E-state index >= 15 is 0 Å². The van der Waals surface area contributed by atoms with E-state index in [2.05, 4.69) is 10.3 Å². The van der Waals surface area contributed by atoms with E-state index in [9.17, 15) is 19.2 Å². The Kier molecular flexibility index (Phi) is 7.91. The van der Waals surface area contributed by atoms with Crippen LogP contribution in [0.25, 0.3) is 0 Å². The van der Waals surface area contributed by atoms with Crippen molar-refractivity contribution in [2.24, 2.45) is 29.6 Å². The summed E-state index contributed by atoms with van der Waals surface area (Å²) in [5, 5.41) is 3.68. The van der Waals surface area contributed by atoms with Gasteiger partial charge in [0.25, 0.3) is 5.91 Å². The lowest BCUT2D eigenvalue weighted by molar-refractivity contribution is -0.123. The molecule has 252 valence electrons. The first-order chi connectivity index (χ1) is 23.8. The van der Waals surface area contributed by atoms with Gasteiger partial charge in [0.15, 0.2) is 18.1 Å².